The van der Waals surface area contributed by atoms with Gasteiger partial charge in [0.25, 0.3) is 0 Å². The number of hydrogen-bond donors (Lipinski definition) is 1. The van der Waals surface area contributed by atoms with Gasteiger partial charge in [-0.25, -0.2) is 14.8 Å². The van der Waals surface area contributed by atoms with Crippen molar-refractivity contribution < 1.29 is 9.90 Å². The van der Waals surface area contributed by atoms with E-state index in [4.69, 9.17) is 5.11 Å². The highest BCUT2D eigenvalue weighted by molar-refractivity contribution is 8.33. The molecule has 0 aliphatic rings. The van der Waals surface area contributed by atoms with Crippen LogP contribution in [0.15, 0.2) is 54.6 Å². The van der Waals surface area contributed by atoms with E-state index in [9.17, 15) is 4.79 Å². The van der Waals surface area contributed by atoms with Crippen molar-refractivity contribution >= 4 is 26.8 Å². The fraction of sp³-hybridized carbons (Fsp3) is 0.536. The molecule has 2 nitrogen and oxygen atoms in total. The van der Waals surface area contributed by atoms with Crippen molar-refractivity contribution in [2.24, 2.45) is 0 Å². The van der Waals surface area contributed by atoms with E-state index in [1.54, 1.807) is 6.08 Å². The lowest BCUT2D eigenvalue weighted by Crippen LogP contribution is -2.21. The molecule has 1 unspecified atom stereocenters. The van der Waals surface area contributed by atoms with Crippen molar-refractivity contribution in [1.82, 2.24) is 0 Å². The predicted molar refractivity (Wildman–Crippen MR) is 144 cm³/mol. The van der Waals surface area contributed by atoms with Gasteiger partial charge < -0.3 is 5.11 Å². The Labute approximate surface area is 193 Å². The maximum atomic E-state index is 10.3. The number of aliphatic carboxylic acids is 1. The Balaban J connectivity index is 0.000000762. The van der Waals surface area contributed by atoms with Crippen LogP contribution in [-0.4, -0.2) is 34.6 Å². The third-order valence-corrected chi connectivity index (χ3v) is 9.37. The van der Waals surface area contributed by atoms with Crippen LogP contribution in [0.3, 0.4) is 0 Å². The Bertz CT molecular complexity index is 783. The predicted octanol–water partition coefficient (Wildman–Crippen LogP) is 8.65. The summed E-state index contributed by atoms with van der Waals surface area (Å²) in [4.78, 5) is 10.3. The summed E-state index contributed by atoms with van der Waals surface area (Å²) in [6.07, 6.45) is 14.2. The molecule has 0 heterocycles. The Kier molecular flexibility index (Phi) is 13.5. The monoisotopic (exact) mass is 446 g/mol. The van der Waals surface area contributed by atoms with Gasteiger partial charge in [-0.05, 0) is 65.0 Å². The Morgan fingerprint density at radius 2 is 1.55 bits per heavy atom. The zero-order valence-electron chi connectivity index (χ0n) is 21.4. The smallest absolute Gasteiger partial charge is 0.327 e. The fourth-order valence-corrected chi connectivity index (χ4v) is 2.58. The fourth-order valence-electron chi connectivity index (χ4n) is 2.58. The number of rotatable bonds is 7. The molecule has 2 rings (SSSR count). The summed E-state index contributed by atoms with van der Waals surface area (Å²) in [5.41, 5.74) is 1.38. The number of carboxylic acid groups (broad SMARTS) is 1. The highest BCUT2D eigenvalue weighted by atomic mass is 32.3. The van der Waals surface area contributed by atoms with Gasteiger partial charge in [0.05, 0.1) is 0 Å². The molecule has 0 spiro atoms. The van der Waals surface area contributed by atoms with Crippen LogP contribution in [0.25, 0.3) is 10.8 Å². The number of carbonyl (C=O) groups is 1. The molecule has 0 aromatic heterocycles. The van der Waals surface area contributed by atoms with E-state index in [1.165, 1.54) is 22.4 Å². The second-order valence-corrected chi connectivity index (χ2v) is 14.4. The quantitative estimate of drug-likeness (QED) is 0.341. The summed E-state index contributed by atoms with van der Waals surface area (Å²) in [6, 6.07) is 15.1. The first-order valence-electron chi connectivity index (χ1n) is 11.5. The van der Waals surface area contributed by atoms with E-state index >= 15 is 0 Å². The van der Waals surface area contributed by atoms with Gasteiger partial charge in [0.1, 0.15) is 0 Å². The first-order chi connectivity index (χ1) is 14.4. The lowest BCUT2D eigenvalue weighted by Gasteiger charge is -2.40. The summed E-state index contributed by atoms with van der Waals surface area (Å²) >= 11 is 0. The van der Waals surface area contributed by atoms with Gasteiger partial charge in [-0.15, -0.1) is 0 Å². The first-order valence-corrected chi connectivity index (χ1v) is 14.3. The molecule has 0 radical (unpaired) electrons. The SMILES string of the molecule is CC.CC(C)(C)S(C)(C)C.CC(CCCC/C=C/C(=O)O)c1ccc2ccccc2c1. The van der Waals surface area contributed by atoms with Gasteiger partial charge in [-0.1, -0.05) is 96.5 Å². The van der Waals surface area contributed by atoms with Crippen LogP contribution in [0.1, 0.15) is 78.7 Å². The average molecular weight is 447 g/mol. The zero-order chi connectivity index (χ0) is 24.1. The zero-order valence-corrected chi connectivity index (χ0v) is 22.2. The number of unbranched alkanes of at least 4 members (excludes halogenated alkanes) is 2. The van der Waals surface area contributed by atoms with E-state index in [0.29, 0.717) is 10.7 Å². The van der Waals surface area contributed by atoms with Gasteiger partial charge in [0.15, 0.2) is 0 Å². The molecule has 0 bridgehead atoms. The molecule has 1 atom stereocenters. The van der Waals surface area contributed by atoms with Crippen LogP contribution in [0.4, 0.5) is 0 Å². The van der Waals surface area contributed by atoms with Crippen molar-refractivity contribution in [2.45, 2.75) is 77.9 Å². The molecule has 1 N–H and O–H groups in total. The van der Waals surface area contributed by atoms with Crippen molar-refractivity contribution in [3.05, 3.63) is 60.2 Å². The lowest BCUT2D eigenvalue weighted by molar-refractivity contribution is -0.131. The van der Waals surface area contributed by atoms with Gasteiger partial charge in [-0.3, -0.25) is 0 Å². The molecule has 0 amide bonds. The molecule has 176 valence electrons. The van der Waals surface area contributed by atoms with Crippen LogP contribution in [0, 0.1) is 0 Å². The van der Waals surface area contributed by atoms with E-state index in [0.717, 1.165) is 25.7 Å². The second-order valence-electron chi connectivity index (χ2n) is 9.48. The number of allylic oxidation sites excluding steroid dienone is 1. The van der Waals surface area contributed by atoms with Gasteiger partial charge in [-0.2, -0.15) is 0 Å². The highest BCUT2D eigenvalue weighted by Crippen LogP contribution is 2.48. The van der Waals surface area contributed by atoms with Crippen LogP contribution in [0.5, 0.6) is 0 Å². The Morgan fingerprint density at radius 3 is 2.06 bits per heavy atom. The molecular weight excluding hydrogens is 400 g/mol. The molecule has 31 heavy (non-hydrogen) atoms. The van der Waals surface area contributed by atoms with Gasteiger partial charge in [0, 0.05) is 6.08 Å². The molecule has 2 aromatic carbocycles. The summed E-state index contributed by atoms with van der Waals surface area (Å²) in [5.74, 6) is -0.322. The largest absolute Gasteiger partial charge is 0.478 e. The molecule has 0 saturated heterocycles. The minimum atomic E-state index is -0.862. The van der Waals surface area contributed by atoms with Gasteiger partial charge in [0.2, 0.25) is 0 Å². The van der Waals surface area contributed by atoms with Crippen molar-refractivity contribution in [3.63, 3.8) is 0 Å². The molecule has 3 heteroatoms. The van der Waals surface area contributed by atoms with E-state index < -0.39 is 5.97 Å². The van der Waals surface area contributed by atoms with Crippen LogP contribution < -0.4 is 0 Å². The van der Waals surface area contributed by atoms with Gasteiger partial charge >= 0.3 is 5.97 Å². The molecule has 0 aliphatic heterocycles. The standard InChI is InChI=1S/C19H22O2.C7H18S.C2H6/c1-15(8-4-2-3-5-11-19(20)21)17-13-12-16-9-6-7-10-18(16)14-17;1-7(2,3)8(4,5)6;1-2/h5-7,9-15H,2-4,8H2,1H3,(H,20,21);1-6H3;1-2H3/b11-5+;;. The van der Waals surface area contributed by atoms with E-state index in [-0.39, 0.29) is 10.0 Å². The molecule has 0 fully saturated rings. The summed E-state index contributed by atoms with van der Waals surface area (Å²) < 4.78 is 0.521. The Morgan fingerprint density at radius 1 is 1.00 bits per heavy atom. The van der Waals surface area contributed by atoms with E-state index in [1.807, 2.05) is 13.8 Å². The van der Waals surface area contributed by atoms with Crippen LogP contribution >= 0.6 is 10.0 Å². The maximum absolute atomic E-state index is 10.3. The summed E-state index contributed by atoms with van der Waals surface area (Å²) in [5, 5.41) is 11.1. The topological polar surface area (TPSA) is 37.3 Å². The van der Waals surface area contributed by atoms with Crippen molar-refractivity contribution in [2.75, 3.05) is 18.8 Å². The lowest BCUT2D eigenvalue weighted by atomic mass is 9.93. The molecule has 0 aliphatic carbocycles. The number of fused-ring (bicyclic) bond motifs is 1. The third-order valence-electron chi connectivity index (χ3n) is 5.70. The normalized spacial score (nSPS) is 13.1. The minimum Gasteiger partial charge on any atom is -0.478 e. The number of benzene rings is 2. The van der Waals surface area contributed by atoms with Crippen molar-refractivity contribution in [1.29, 1.82) is 0 Å². The summed E-state index contributed by atoms with van der Waals surface area (Å²) in [6.45, 7) is 13.2. The first kappa shape index (κ1) is 29.3. The van der Waals surface area contributed by atoms with Crippen molar-refractivity contribution in [3.8, 4) is 0 Å². The van der Waals surface area contributed by atoms with E-state index in [2.05, 4.69) is 88.9 Å². The average Bonchev–Trinajstić information content (AvgIpc) is 2.70. The molecule has 2 aromatic rings. The molecule has 0 saturated carbocycles. The second kappa shape index (κ2) is 14.3. The number of hydrogen-bond acceptors (Lipinski definition) is 1. The van der Waals surface area contributed by atoms with Crippen LogP contribution in [0.2, 0.25) is 0 Å². The van der Waals surface area contributed by atoms with Crippen LogP contribution in [-0.2, 0) is 4.79 Å². The summed E-state index contributed by atoms with van der Waals surface area (Å²) in [7, 11) is -0.340. The molecular formula is C28H46O2S. The third kappa shape index (κ3) is 12.0. The minimum absolute atomic E-state index is 0.340. The highest BCUT2D eigenvalue weighted by Gasteiger charge is 2.21. The number of carboxylic acids is 1. The Hall–Kier alpha value is -1.74. The maximum Gasteiger partial charge on any atom is 0.327 e.